The van der Waals surface area contributed by atoms with Crippen LogP contribution in [-0.2, 0) is 44.5 Å². The number of hydrogen-bond donors (Lipinski definition) is 2. The summed E-state index contributed by atoms with van der Waals surface area (Å²) >= 11 is 6.00. The maximum absolute atomic E-state index is 13.0. The average Bonchev–Trinajstić information content (AvgIpc) is 3.35. The van der Waals surface area contributed by atoms with E-state index in [1.54, 1.807) is 36.4 Å². The first-order valence-electron chi connectivity index (χ1n) is 12.7. The Labute approximate surface area is 241 Å². The molecule has 2 unspecified atom stereocenters. The van der Waals surface area contributed by atoms with Crippen LogP contribution in [0.15, 0.2) is 42.5 Å². The first-order chi connectivity index (χ1) is 19.6. The number of esters is 4. The van der Waals surface area contributed by atoms with Gasteiger partial charge in [0, 0.05) is 17.6 Å². The van der Waals surface area contributed by atoms with Crippen molar-refractivity contribution in [3.63, 3.8) is 0 Å². The van der Waals surface area contributed by atoms with Crippen molar-refractivity contribution in [3.05, 3.63) is 58.6 Å². The van der Waals surface area contributed by atoms with Crippen LogP contribution in [0, 0.1) is 0 Å². The summed E-state index contributed by atoms with van der Waals surface area (Å²) in [7, 11) is 2.36. The maximum Gasteiger partial charge on any atom is 0.453 e. The van der Waals surface area contributed by atoms with E-state index < -0.39 is 49.0 Å². The molecule has 1 heterocycles. The van der Waals surface area contributed by atoms with Gasteiger partial charge in [-0.15, -0.1) is 0 Å². The predicted octanol–water partition coefficient (Wildman–Crippen LogP) is 2.27. The average molecular weight is 594 g/mol. The fraction of sp³-hybridized carbons (Fsp3) is 0.429. The molecule has 2 aromatic rings. The zero-order valence-corrected chi connectivity index (χ0v) is 23.6. The molecule has 222 valence electrons. The first-order valence-corrected chi connectivity index (χ1v) is 13.1. The monoisotopic (exact) mass is 593 g/mol. The highest BCUT2D eigenvalue weighted by atomic mass is 35.5. The van der Waals surface area contributed by atoms with Crippen LogP contribution in [0.3, 0.4) is 0 Å². The van der Waals surface area contributed by atoms with E-state index in [0.717, 1.165) is 5.56 Å². The van der Waals surface area contributed by atoms with Gasteiger partial charge in [0.1, 0.15) is 13.2 Å². The zero-order valence-electron chi connectivity index (χ0n) is 22.8. The summed E-state index contributed by atoms with van der Waals surface area (Å²) < 4.78 is 30.5. The van der Waals surface area contributed by atoms with E-state index >= 15 is 0 Å². The van der Waals surface area contributed by atoms with Crippen LogP contribution in [0.25, 0.3) is 0 Å². The second-order valence-corrected chi connectivity index (χ2v) is 9.55. The van der Waals surface area contributed by atoms with E-state index in [4.69, 9.17) is 30.5 Å². The Kier molecular flexibility index (Phi) is 11.3. The molecular formula is C28H32ClNO11. The van der Waals surface area contributed by atoms with Gasteiger partial charge in [-0.05, 0) is 48.7 Å². The van der Waals surface area contributed by atoms with Gasteiger partial charge in [-0.25, -0.2) is 9.59 Å². The fourth-order valence-electron chi connectivity index (χ4n) is 3.84. The van der Waals surface area contributed by atoms with Crippen molar-refractivity contribution in [1.82, 2.24) is 5.32 Å². The van der Waals surface area contributed by atoms with Crippen molar-refractivity contribution in [2.75, 3.05) is 34.0 Å². The first kappa shape index (κ1) is 31.7. The number of fused-ring (bicyclic) bond motifs is 1. The number of rotatable bonds is 14. The van der Waals surface area contributed by atoms with Gasteiger partial charge in [0.2, 0.25) is 0 Å². The minimum Gasteiger partial charge on any atom is -0.469 e. The summed E-state index contributed by atoms with van der Waals surface area (Å²) in [5.74, 6) is -6.21. The van der Waals surface area contributed by atoms with E-state index in [1.807, 2.05) is 6.92 Å². The lowest BCUT2D eigenvalue weighted by atomic mass is 10.1. The zero-order chi connectivity index (χ0) is 30.0. The summed E-state index contributed by atoms with van der Waals surface area (Å²) in [6, 6.07) is 11.8. The number of carbonyl (C=O) groups is 4. The highest BCUT2D eigenvalue weighted by Gasteiger charge is 2.60. The molecule has 0 spiro atoms. The van der Waals surface area contributed by atoms with Crippen LogP contribution < -0.4 is 14.8 Å². The maximum atomic E-state index is 13.0. The standard InChI is InChI=1S/C28H32ClNO11/c1-17(30-16-21(31)19-5-4-6-20(29)15-19)13-18-7-8-22-23(14-18)41-28(40-22,26(34)38-11-9-24(32)36-2)27(35)39-12-10-25(33)37-3/h4-8,14-15,17,21,30-31H,9-13,16H2,1-3H3. The minimum absolute atomic E-state index is 0.0828. The van der Waals surface area contributed by atoms with Crippen LogP contribution >= 0.6 is 11.6 Å². The van der Waals surface area contributed by atoms with Crippen LogP contribution in [0.4, 0.5) is 0 Å². The largest absolute Gasteiger partial charge is 0.469 e. The highest BCUT2D eigenvalue weighted by molar-refractivity contribution is 6.30. The molecular weight excluding hydrogens is 562 g/mol. The van der Waals surface area contributed by atoms with Gasteiger partial charge in [-0.3, -0.25) is 9.59 Å². The van der Waals surface area contributed by atoms with Crippen molar-refractivity contribution >= 4 is 35.5 Å². The van der Waals surface area contributed by atoms with Gasteiger partial charge in [0.05, 0.1) is 33.2 Å². The molecule has 1 aliphatic rings. The van der Waals surface area contributed by atoms with Crippen LogP contribution in [0.2, 0.25) is 5.02 Å². The summed E-state index contributed by atoms with van der Waals surface area (Å²) in [4.78, 5) is 48.8. The van der Waals surface area contributed by atoms with Crippen molar-refractivity contribution in [2.24, 2.45) is 0 Å². The van der Waals surface area contributed by atoms with E-state index in [2.05, 4.69) is 14.8 Å². The summed E-state index contributed by atoms with van der Waals surface area (Å²) in [5.41, 5.74) is 1.46. The molecule has 0 aliphatic carbocycles. The molecule has 0 saturated heterocycles. The number of ether oxygens (including phenoxy) is 6. The van der Waals surface area contributed by atoms with E-state index in [9.17, 15) is 24.3 Å². The van der Waals surface area contributed by atoms with E-state index in [-0.39, 0.29) is 36.9 Å². The van der Waals surface area contributed by atoms with Gasteiger partial charge in [-0.1, -0.05) is 29.8 Å². The van der Waals surface area contributed by atoms with Crippen LogP contribution in [-0.4, -0.2) is 74.8 Å². The topological polar surface area (TPSA) is 156 Å². The minimum atomic E-state index is -2.64. The summed E-state index contributed by atoms with van der Waals surface area (Å²) in [6.07, 6.45) is -0.782. The van der Waals surface area contributed by atoms with Gasteiger partial charge in [0.15, 0.2) is 11.5 Å². The molecule has 0 aromatic heterocycles. The number of hydrogen-bond acceptors (Lipinski definition) is 12. The number of carbonyl (C=O) groups excluding carboxylic acids is 4. The second kappa shape index (κ2) is 14.7. The van der Waals surface area contributed by atoms with Crippen LogP contribution in [0.1, 0.15) is 37.0 Å². The third kappa shape index (κ3) is 8.56. The smallest absolute Gasteiger partial charge is 0.453 e. The molecule has 3 rings (SSSR count). The number of benzene rings is 2. The summed E-state index contributed by atoms with van der Waals surface area (Å²) in [6.45, 7) is 1.41. The van der Waals surface area contributed by atoms with Gasteiger partial charge < -0.3 is 38.8 Å². The Morgan fingerprint density at radius 3 is 2.12 bits per heavy atom. The van der Waals surface area contributed by atoms with E-state index in [0.29, 0.717) is 17.0 Å². The van der Waals surface area contributed by atoms with Crippen molar-refractivity contribution in [3.8, 4) is 11.5 Å². The lowest BCUT2D eigenvalue weighted by molar-refractivity contribution is -0.202. The lowest BCUT2D eigenvalue weighted by Gasteiger charge is -2.23. The van der Waals surface area contributed by atoms with Crippen molar-refractivity contribution in [2.45, 2.75) is 44.1 Å². The molecule has 0 fully saturated rings. The third-order valence-corrected chi connectivity index (χ3v) is 6.26. The number of nitrogens with one attached hydrogen (secondary N) is 1. The second-order valence-electron chi connectivity index (χ2n) is 9.11. The van der Waals surface area contributed by atoms with Crippen molar-refractivity contribution in [1.29, 1.82) is 0 Å². The highest BCUT2D eigenvalue weighted by Crippen LogP contribution is 2.41. The quantitative estimate of drug-likeness (QED) is 0.187. The molecule has 2 atom stereocenters. The predicted molar refractivity (Wildman–Crippen MR) is 143 cm³/mol. The van der Waals surface area contributed by atoms with Gasteiger partial charge in [-0.2, -0.15) is 0 Å². The Balaban J connectivity index is 1.67. The summed E-state index contributed by atoms with van der Waals surface area (Å²) in [5, 5.41) is 14.3. The molecule has 0 saturated carbocycles. The molecule has 0 radical (unpaired) electrons. The van der Waals surface area contributed by atoms with Crippen molar-refractivity contribution < 1.29 is 52.7 Å². The Morgan fingerprint density at radius 2 is 1.54 bits per heavy atom. The van der Waals surface area contributed by atoms with Gasteiger partial charge in [0.25, 0.3) is 0 Å². The van der Waals surface area contributed by atoms with Gasteiger partial charge >= 0.3 is 29.7 Å². The van der Waals surface area contributed by atoms with E-state index in [1.165, 1.54) is 20.3 Å². The molecule has 41 heavy (non-hydrogen) atoms. The molecule has 0 amide bonds. The third-order valence-electron chi connectivity index (χ3n) is 6.02. The molecule has 0 bridgehead atoms. The number of aliphatic hydroxyl groups is 1. The molecule has 1 aliphatic heterocycles. The SMILES string of the molecule is COC(=O)CCOC(=O)C1(C(=O)OCCC(=O)OC)Oc2ccc(CC(C)NCC(O)c3cccc(Cl)c3)cc2O1. The molecule has 13 heteroatoms. The lowest BCUT2D eigenvalue weighted by Crippen LogP contribution is -2.56. The molecule has 2 N–H and O–H groups in total. The number of aliphatic hydroxyl groups excluding tert-OH is 1. The Hall–Kier alpha value is -3.87. The molecule has 2 aromatic carbocycles. The number of halogens is 1. The van der Waals surface area contributed by atoms with Crippen LogP contribution in [0.5, 0.6) is 11.5 Å². The Morgan fingerprint density at radius 1 is 0.927 bits per heavy atom. The Bertz CT molecular complexity index is 1220. The fourth-order valence-corrected chi connectivity index (χ4v) is 4.04. The molecule has 12 nitrogen and oxygen atoms in total. The number of methoxy groups -OCH3 is 2. The normalized spacial score (nSPS) is 14.5.